The van der Waals surface area contributed by atoms with Gasteiger partial charge < -0.3 is 9.73 Å². The molecule has 2 aromatic heterocycles. The fourth-order valence-corrected chi connectivity index (χ4v) is 2.72. The topological polar surface area (TPSA) is 98.3 Å². The van der Waals surface area contributed by atoms with Crippen LogP contribution in [0, 0.1) is 17.0 Å². The summed E-state index contributed by atoms with van der Waals surface area (Å²) in [4.78, 5) is 26.1. The molecule has 7 nitrogen and oxygen atoms in total. The van der Waals surface area contributed by atoms with Crippen LogP contribution in [-0.4, -0.2) is 15.8 Å². The molecule has 0 aliphatic rings. The maximum absolute atomic E-state index is 12.0. The fourth-order valence-electron chi connectivity index (χ4n) is 1.86. The molecule has 3 aromatic rings. The average molecular weight is 303 g/mol. The van der Waals surface area contributed by atoms with E-state index in [0.29, 0.717) is 5.69 Å². The van der Waals surface area contributed by atoms with Gasteiger partial charge in [-0.15, -0.1) is 11.3 Å². The molecule has 1 amide bonds. The quantitative estimate of drug-likeness (QED) is 0.591. The Hall–Kier alpha value is -2.74. The van der Waals surface area contributed by atoms with Gasteiger partial charge in [0.2, 0.25) is 0 Å². The number of anilines is 1. The van der Waals surface area contributed by atoms with E-state index in [9.17, 15) is 14.9 Å². The molecule has 21 heavy (non-hydrogen) atoms. The molecular weight excluding hydrogens is 294 g/mol. The highest BCUT2D eigenvalue weighted by Crippen LogP contribution is 2.25. The van der Waals surface area contributed by atoms with Gasteiger partial charge in [0, 0.05) is 5.69 Å². The van der Waals surface area contributed by atoms with Gasteiger partial charge in [0.15, 0.2) is 5.76 Å². The Morgan fingerprint density at radius 1 is 1.38 bits per heavy atom. The number of nitrogens with one attached hydrogen (secondary N) is 1. The first-order valence-electron chi connectivity index (χ1n) is 5.96. The number of aryl methyl sites for hydroxylation is 1. The summed E-state index contributed by atoms with van der Waals surface area (Å²) < 4.78 is 5.80. The monoisotopic (exact) mass is 303 g/mol. The van der Waals surface area contributed by atoms with Crippen LogP contribution in [0.2, 0.25) is 0 Å². The number of nitrogens with zero attached hydrogens (tertiary/aromatic N) is 2. The van der Waals surface area contributed by atoms with Crippen molar-refractivity contribution < 1.29 is 14.1 Å². The lowest BCUT2D eigenvalue weighted by Gasteiger charge is -2.02. The van der Waals surface area contributed by atoms with Crippen molar-refractivity contribution in [2.45, 2.75) is 6.92 Å². The minimum Gasteiger partial charge on any atom is -0.395 e. The number of hydrogen-bond acceptors (Lipinski definition) is 6. The van der Waals surface area contributed by atoms with Crippen LogP contribution >= 0.6 is 11.3 Å². The third-order valence-electron chi connectivity index (χ3n) is 2.75. The van der Waals surface area contributed by atoms with Crippen LogP contribution in [0.25, 0.3) is 10.2 Å². The van der Waals surface area contributed by atoms with E-state index >= 15 is 0 Å². The Kier molecular flexibility index (Phi) is 3.15. The lowest BCUT2D eigenvalue weighted by atomic mass is 10.3. The molecule has 0 unspecified atom stereocenters. The first-order chi connectivity index (χ1) is 10.0. The molecular formula is C13H9N3O4S. The number of furan rings is 1. The molecule has 0 radical (unpaired) electrons. The second kappa shape index (κ2) is 4.98. The zero-order valence-corrected chi connectivity index (χ0v) is 11.6. The van der Waals surface area contributed by atoms with Gasteiger partial charge in [-0.25, -0.2) is 4.98 Å². The molecule has 8 heteroatoms. The third-order valence-corrected chi connectivity index (χ3v) is 3.68. The van der Waals surface area contributed by atoms with E-state index in [1.807, 2.05) is 6.92 Å². The summed E-state index contributed by atoms with van der Waals surface area (Å²) in [6, 6.07) is 7.73. The predicted molar refractivity (Wildman–Crippen MR) is 77.7 cm³/mol. The minimum absolute atomic E-state index is 0.109. The molecule has 0 bridgehead atoms. The van der Waals surface area contributed by atoms with Crippen molar-refractivity contribution in [1.29, 1.82) is 0 Å². The molecule has 0 aliphatic carbocycles. The number of hydrogen-bond donors (Lipinski definition) is 1. The number of fused-ring (bicyclic) bond motifs is 1. The normalized spacial score (nSPS) is 10.7. The van der Waals surface area contributed by atoms with Crippen molar-refractivity contribution in [3.63, 3.8) is 0 Å². The van der Waals surface area contributed by atoms with Gasteiger partial charge in [0.05, 0.1) is 21.3 Å². The van der Waals surface area contributed by atoms with Gasteiger partial charge in [-0.2, -0.15) is 0 Å². The van der Waals surface area contributed by atoms with Crippen LogP contribution in [0.1, 0.15) is 15.6 Å². The molecule has 0 atom stereocenters. The van der Waals surface area contributed by atoms with Crippen molar-refractivity contribution in [1.82, 2.24) is 4.98 Å². The van der Waals surface area contributed by atoms with Crippen molar-refractivity contribution >= 4 is 39.0 Å². The number of thiazole rings is 1. The van der Waals surface area contributed by atoms with Crippen LogP contribution in [0.5, 0.6) is 0 Å². The summed E-state index contributed by atoms with van der Waals surface area (Å²) in [5.41, 5.74) is 1.44. The van der Waals surface area contributed by atoms with Crippen molar-refractivity contribution in [3.05, 3.63) is 51.2 Å². The van der Waals surface area contributed by atoms with Gasteiger partial charge in [0.1, 0.15) is 4.92 Å². The summed E-state index contributed by atoms with van der Waals surface area (Å²) in [6.45, 7) is 1.91. The largest absolute Gasteiger partial charge is 0.433 e. The number of carbonyl (C=O) groups is 1. The van der Waals surface area contributed by atoms with E-state index < -0.39 is 16.7 Å². The fraction of sp³-hybridized carbons (Fsp3) is 0.0769. The van der Waals surface area contributed by atoms with Gasteiger partial charge in [-0.05, 0) is 31.2 Å². The Morgan fingerprint density at radius 3 is 2.90 bits per heavy atom. The second-order valence-corrected chi connectivity index (χ2v) is 5.50. The van der Waals surface area contributed by atoms with E-state index in [1.165, 1.54) is 17.4 Å². The smallest absolute Gasteiger partial charge is 0.395 e. The maximum Gasteiger partial charge on any atom is 0.433 e. The van der Waals surface area contributed by atoms with E-state index in [1.54, 1.807) is 18.2 Å². The highest BCUT2D eigenvalue weighted by atomic mass is 32.1. The predicted octanol–water partition coefficient (Wildman–Crippen LogP) is 3.36. The summed E-state index contributed by atoms with van der Waals surface area (Å²) >= 11 is 1.52. The molecule has 0 aliphatic heterocycles. The van der Waals surface area contributed by atoms with Crippen molar-refractivity contribution in [3.8, 4) is 0 Å². The Bertz CT molecular complexity index is 852. The number of carbonyl (C=O) groups excluding carboxylic acids is 1. The second-order valence-electron chi connectivity index (χ2n) is 4.26. The van der Waals surface area contributed by atoms with Gasteiger partial charge >= 0.3 is 5.88 Å². The molecule has 1 aromatic carbocycles. The Balaban J connectivity index is 1.83. The Labute approximate surface area is 122 Å². The van der Waals surface area contributed by atoms with Crippen molar-refractivity contribution in [2.24, 2.45) is 0 Å². The highest BCUT2D eigenvalue weighted by molar-refractivity contribution is 7.18. The lowest BCUT2D eigenvalue weighted by Crippen LogP contribution is -2.10. The number of nitro groups is 1. The minimum atomic E-state index is -0.692. The third kappa shape index (κ3) is 2.61. The van der Waals surface area contributed by atoms with E-state index in [-0.39, 0.29) is 5.76 Å². The van der Waals surface area contributed by atoms with E-state index in [4.69, 9.17) is 4.42 Å². The SMILES string of the molecule is Cc1nc2ccc(NC(=O)c3ccc([N+](=O)[O-])o3)cc2s1. The van der Waals surface area contributed by atoms with Gasteiger partial charge in [0.25, 0.3) is 5.91 Å². The maximum atomic E-state index is 12.0. The summed E-state index contributed by atoms with van der Waals surface area (Å²) in [6.07, 6.45) is 0. The molecule has 0 spiro atoms. The molecule has 3 rings (SSSR count). The lowest BCUT2D eigenvalue weighted by molar-refractivity contribution is -0.402. The molecule has 0 saturated carbocycles. The van der Waals surface area contributed by atoms with Gasteiger partial charge in [-0.3, -0.25) is 14.9 Å². The number of benzene rings is 1. The summed E-state index contributed by atoms with van der Waals surface area (Å²) in [5, 5.41) is 14.1. The van der Waals surface area contributed by atoms with Crippen LogP contribution in [0.15, 0.2) is 34.7 Å². The molecule has 2 heterocycles. The average Bonchev–Trinajstić information content (AvgIpc) is 3.03. The molecule has 1 N–H and O–H groups in total. The number of rotatable bonds is 3. The molecule has 0 fully saturated rings. The van der Waals surface area contributed by atoms with E-state index in [2.05, 4.69) is 10.3 Å². The molecule has 106 valence electrons. The first-order valence-corrected chi connectivity index (χ1v) is 6.77. The van der Waals surface area contributed by atoms with E-state index in [0.717, 1.165) is 21.3 Å². The van der Waals surface area contributed by atoms with Crippen LogP contribution in [0.3, 0.4) is 0 Å². The van der Waals surface area contributed by atoms with Gasteiger partial charge in [-0.1, -0.05) is 0 Å². The first kappa shape index (κ1) is 13.3. The number of aromatic nitrogens is 1. The van der Waals surface area contributed by atoms with Crippen LogP contribution in [-0.2, 0) is 0 Å². The number of amides is 1. The summed E-state index contributed by atoms with van der Waals surface area (Å²) in [5.74, 6) is -1.11. The molecule has 0 saturated heterocycles. The standard InChI is InChI=1S/C13H9N3O4S/c1-7-14-9-3-2-8(6-11(9)21-7)15-13(17)10-4-5-12(20-10)16(18)19/h2-6H,1H3,(H,15,17). The summed E-state index contributed by atoms with van der Waals surface area (Å²) in [7, 11) is 0. The highest BCUT2D eigenvalue weighted by Gasteiger charge is 2.17. The Morgan fingerprint density at radius 2 is 2.19 bits per heavy atom. The van der Waals surface area contributed by atoms with Crippen molar-refractivity contribution in [2.75, 3.05) is 5.32 Å². The van der Waals surface area contributed by atoms with Crippen LogP contribution in [0.4, 0.5) is 11.6 Å². The van der Waals surface area contributed by atoms with Crippen LogP contribution < -0.4 is 5.32 Å². The zero-order chi connectivity index (χ0) is 15.0. The zero-order valence-electron chi connectivity index (χ0n) is 10.8.